The summed E-state index contributed by atoms with van der Waals surface area (Å²) in [5, 5.41) is 0. The van der Waals surface area contributed by atoms with Gasteiger partial charge in [0, 0.05) is 0 Å². The van der Waals surface area contributed by atoms with Gasteiger partial charge in [0.25, 0.3) is 0 Å². The first-order chi connectivity index (χ1) is 3.06. The van der Waals surface area contributed by atoms with E-state index in [1.165, 1.54) is 6.92 Å². The molecular formula is C3H5BF3-. The van der Waals surface area contributed by atoms with Gasteiger partial charge in [-0.05, 0) is 0 Å². The van der Waals surface area contributed by atoms with E-state index >= 15 is 0 Å². The second kappa shape index (κ2) is 2.05. The highest BCUT2D eigenvalue weighted by Gasteiger charge is 2.15. The first-order valence-electron chi connectivity index (χ1n) is 1.90. The van der Waals surface area contributed by atoms with Crippen molar-refractivity contribution in [3.8, 4) is 0 Å². The molecule has 0 aromatic carbocycles. The molecular weight excluding hydrogens is 104 g/mol. The maximum Gasteiger partial charge on any atom is 0.502 e. The zero-order valence-corrected chi connectivity index (χ0v) is 3.87. The third kappa shape index (κ3) is 5.59. The molecule has 0 amide bonds. The molecule has 7 heavy (non-hydrogen) atoms. The summed E-state index contributed by atoms with van der Waals surface area (Å²) < 4.78 is 33.1. The maximum absolute atomic E-state index is 11.0. The van der Waals surface area contributed by atoms with Crippen LogP contribution in [0.5, 0.6) is 0 Å². The molecule has 0 unspecified atom stereocenters. The van der Waals surface area contributed by atoms with E-state index < -0.39 is 6.98 Å². The van der Waals surface area contributed by atoms with E-state index in [4.69, 9.17) is 0 Å². The summed E-state index contributed by atoms with van der Waals surface area (Å²) in [5.41, 5.74) is 0. The Kier molecular flexibility index (Phi) is 1.93. The molecule has 0 aliphatic rings. The van der Waals surface area contributed by atoms with Gasteiger partial charge in [0.2, 0.25) is 0 Å². The number of hydrogen-bond donors (Lipinski definition) is 0. The average Bonchev–Trinajstić information content (AvgIpc) is 1.30. The van der Waals surface area contributed by atoms with Crippen LogP contribution in [0.2, 0.25) is 0 Å². The summed E-state index contributed by atoms with van der Waals surface area (Å²) in [6.45, 7) is -3.33. The van der Waals surface area contributed by atoms with Crippen LogP contribution in [0, 0.1) is 0 Å². The standard InChI is InChI=1S/C3H5BF3/c1-2-3-4(5,6)7/h2-3H,1H3/q-1/b3-2-. The van der Waals surface area contributed by atoms with E-state index in [1.807, 2.05) is 0 Å². The molecule has 0 saturated heterocycles. The van der Waals surface area contributed by atoms with Crippen LogP contribution in [0.15, 0.2) is 12.1 Å². The maximum atomic E-state index is 11.0. The van der Waals surface area contributed by atoms with E-state index in [9.17, 15) is 12.9 Å². The van der Waals surface area contributed by atoms with Crippen molar-refractivity contribution in [2.45, 2.75) is 6.92 Å². The summed E-state index contributed by atoms with van der Waals surface area (Å²) >= 11 is 0. The molecule has 0 fully saturated rings. The molecule has 0 heterocycles. The van der Waals surface area contributed by atoms with E-state index in [1.54, 1.807) is 0 Å². The van der Waals surface area contributed by atoms with Gasteiger partial charge in [-0.25, -0.2) is 0 Å². The van der Waals surface area contributed by atoms with Crippen LogP contribution in [-0.4, -0.2) is 6.98 Å². The van der Waals surface area contributed by atoms with Gasteiger partial charge in [0.1, 0.15) is 0 Å². The van der Waals surface area contributed by atoms with Gasteiger partial charge in [0.05, 0.1) is 0 Å². The van der Waals surface area contributed by atoms with Crippen molar-refractivity contribution >= 4 is 6.98 Å². The Morgan fingerprint density at radius 3 is 1.71 bits per heavy atom. The number of halogens is 3. The van der Waals surface area contributed by atoms with Crippen molar-refractivity contribution in [3.63, 3.8) is 0 Å². The molecule has 0 spiro atoms. The lowest BCUT2D eigenvalue weighted by atomic mass is 9.92. The topological polar surface area (TPSA) is 0 Å². The summed E-state index contributed by atoms with van der Waals surface area (Å²) in [4.78, 5) is 0. The van der Waals surface area contributed by atoms with Crippen LogP contribution in [0.4, 0.5) is 12.9 Å². The van der Waals surface area contributed by atoms with Gasteiger partial charge in [-0.3, -0.25) is 0 Å². The predicted molar refractivity (Wildman–Crippen MR) is 23.9 cm³/mol. The molecule has 0 aromatic heterocycles. The second-order valence-electron chi connectivity index (χ2n) is 1.15. The Hall–Kier alpha value is -0.405. The minimum Gasteiger partial charge on any atom is -0.445 e. The second-order valence-corrected chi connectivity index (χ2v) is 1.15. The molecule has 4 heteroatoms. The van der Waals surface area contributed by atoms with Crippen molar-refractivity contribution in [2.24, 2.45) is 0 Å². The molecule has 0 nitrogen and oxygen atoms in total. The van der Waals surface area contributed by atoms with Crippen molar-refractivity contribution in [1.29, 1.82) is 0 Å². The molecule has 0 aliphatic carbocycles. The number of hydrogen-bond acceptors (Lipinski definition) is 0. The molecule has 0 atom stereocenters. The van der Waals surface area contributed by atoms with Crippen molar-refractivity contribution in [1.82, 2.24) is 0 Å². The van der Waals surface area contributed by atoms with E-state index in [-0.39, 0.29) is 5.98 Å². The smallest absolute Gasteiger partial charge is 0.445 e. The first kappa shape index (κ1) is 6.59. The number of allylic oxidation sites excluding steroid dienone is 1. The molecule has 0 bridgehead atoms. The summed E-state index contributed by atoms with van der Waals surface area (Å²) in [7, 11) is 0. The van der Waals surface area contributed by atoms with Crippen LogP contribution in [0.3, 0.4) is 0 Å². The molecule has 0 aliphatic heterocycles. The third-order valence-corrected chi connectivity index (χ3v) is 0.411. The largest absolute Gasteiger partial charge is 0.502 e. The zero-order valence-electron chi connectivity index (χ0n) is 3.87. The first-order valence-corrected chi connectivity index (χ1v) is 1.90. The fraction of sp³-hybridized carbons (Fsp3) is 0.333. The predicted octanol–water partition coefficient (Wildman–Crippen LogP) is 1.95. The summed E-state index contributed by atoms with van der Waals surface area (Å²) in [5.74, 6) is 0.250. The SMILES string of the molecule is C/C=C\[B-](F)(F)F. The third-order valence-electron chi connectivity index (χ3n) is 0.411. The normalized spacial score (nSPS) is 13.1. The zero-order chi connectivity index (χ0) is 5.91. The lowest BCUT2D eigenvalue weighted by molar-refractivity contribution is 0.498. The van der Waals surface area contributed by atoms with Gasteiger partial charge in [-0.1, -0.05) is 6.92 Å². The highest BCUT2D eigenvalue weighted by atomic mass is 19.4. The van der Waals surface area contributed by atoms with Crippen molar-refractivity contribution in [3.05, 3.63) is 12.1 Å². The molecule has 0 radical (unpaired) electrons. The van der Waals surface area contributed by atoms with Crippen LogP contribution in [0.1, 0.15) is 6.92 Å². The van der Waals surface area contributed by atoms with Gasteiger partial charge in [-0.2, -0.15) is 5.98 Å². The highest BCUT2D eigenvalue weighted by Crippen LogP contribution is 2.08. The van der Waals surface area contributed by atoms with Gasteiger partial charge < -0.3 is 12.9 Å². The quantitative estimate of drug-likeness (QED) is 0.451. The van der Waals surface area contributed by atoms with Gasteiger partial charge in [-0.15, -0.1) is 6.08 Å². The average molecular weight is 109 g/mol. The molecule has 42 valence electrons. The Labute approximate surface area is 40.1 Å². The monoisotopic (exact) mass is 109 g/mol. The molecule has 0 rings (SSSR count). The summed E-state index contributed by atoms with van der Waals surface area (Å²) in [6, 6.07) is 0. The molecule has 0 saturated carbocycles. The lowest BCUT2D eigenvalue weighted by Crippen LogP contribution is -2.09. The van der Waals surface area contributed by atoms with Crippen LogP contribution in [-0.2, 0) is 0 Å². The lowest BCUT2D eigenvalue weighted by Gasteiger charge is -2.03. The Morgan fingerprint density at radius 2 is 1.71 bits per heavy atom. The molecule has 0 N–H and O–H groups in total. The molecule has 0 aromatic rings. The van der Waals surface area contributed by atoms with E-state index in [0.29, 0.717) is 0 Å². The van der Waals surface area contributed by atoms with Crippen molar-refractivity contribution in [2.75, 3.05) is 0 Å². The summed E-state index contributed by atoms with van der Waals surface area (Å²) in [6.07, 6.45) is 0.986. The van der Waals surface area contributed by atoms with E-state index in [2.05, 4.69) is 0 Å². The van der Waals surface area contributed by atoms with Gasteiger partial charge in [0.15, 0.2) is 0 Å². The van der Waals surface area contributed by atoms with Crippen molar-refractivity contribution < 1.29 is 12.9 Å². The Bertz CT molecular complexity index is 72.7. The minimum atomic E-state index is -4.67. The Morgan fingerprint density at radius 1 is 1.29 bits per heavy atom. The fourth-order valence-electron chi connectivity index (χ4n) is 0.218. The van der Waals surface area contributed by atoms with Crippen LogP contribution < -0.4 is 0 Å². The Balaban J connectivity index is 3.56. The highest BCUT2D eigenvalue weighted by molar-refractivity contribution is 6.64. The minimum absolute atomic E-state index is 0.250. The van der Waals surface area contributed by atoms with Gasteiger partial charge >= 0.3 is 6.98 Å². The number of rotatable bonds is 1. The fourth-order valence-corrected chi connectivity index (χ4v) is 0.218. The van der Waals surface area contributed by atoms with Crippen LogP contribution >= 0.6 is 0 Å². The van der Waals surface area contributed by atoms with Crippen LogP contribution in [0.25, 0.3) is 0 Å². The van der Waals surface area contributed by atoms with E-state index in [0.717, 1.165) is 6.08 Å².